The number of piperazine rings is 1. The van der Waals surface area contributed by atoms with Crippen molar-refractivity contribution < 1.29 is 4.74 Å². The summed E-state index contributed by atoms with van der Waals surface area (Å²) >= 11 is 0. The summed E-state index contributed by atoms with van der Waals surface area (Å²) in [5.41, 5.74) is 5.26. The highest BCUT2D eigenvalue weighted by atomic mass is 16.5. The van der Waals surface area contributed by atoms with Gasteiger partial charge < -0.3 is 10.1 Å². The van der Waals surface area contributed by atoms with Gasteiger partial charge in [-0.1, -0.05) is 59.7 Å². The Balaban J connectivity index is 1.70. The second-order valence-corrected chi connectivity index (χ2v) is 7.60. The van der Waals surface area contributed by atoms with E-state index in [0.29, 0.717) is 0 Å². The van der Waals surface area contributed by atoms with Crippen molar-refractivity contribution in [3.8, 4) is 11.5 Å². The van der Waals surface area contributed by atoms with E-state index in [4.69, 9.17) is 4.74 Å². The zero-order valence-electron chi connectivity index (χ0n) is 16.7. The summed E-state index contributed by atoms with van der Waals surface area (Å²) in [6, 6.07) is 25.7. The lowest BCUT2D eigenvalue weighted by Gasteiger charge is -2.36. The van der Waals surface area contributed by atoms with E-state index in [1.54, 1.807) is 0 Å². The summed E-state index contributed by atoms with van der Waals surface area (Å²) in [6.07, 6.45) is 0. The van der Waals surface area contributed by atoms with Crippen molar-refractivity contribution in [2.24, 2.45) is 0 Å². The topological polar surface area (TPSA) is 24.5 Å². The number of aryl methyl sites for hydroxylation is 2. The molecule has 3 aromatic rings. The van der Waals surface area contributed by atoms with Crippen LogP contribution < -0.4 is 10.1 Å². The molecule has 144 valence electrons. The Labute approximate surface area is 168 Å². The molecule has 1 aliphatic heterocycles. The standard InChI is InChI=1S/C25H28N2O/c1-19-15-20(2)17-22(16-19)25(27-13-11-26-12-14-27)21-7-6-10-24(18-21)28-23-8-4-3-5-9-23/h3-10,15-18,25-26H,11-14H2,1-2H3. The van der Waals surface area contributed by atoms with Gasteiger partial charge in [0.15, 0.2) is 0 Å². The molecule has 3 heteroatoms. The molecule has 0 amide bonds. The number of hydrogen-bond acceptors (Lipinski definition) is 3. The zero-order chi connectivity index (χ0) is 19.3. The first kappa shape index (κ1) is 18.7. The Bertz CT molecular complexity index is 897. The number of benzene rings is 3. The number of nitrogens with one attached hydrogen (secondary N) is 1. The normalized spacial score (nSPS) is 15.9. The molecule has 1 atom stereocenters. The van der Waals surface area contributed by atoms with Crippen LogP contribution in [0.15, 0.2) is 72.8 Å². The molecule has 1 fully saturated rings. The van der Waals surface area contributed by atoms with Gasteiger partial charge in [0.2, 0.25) is 0 Å². The molecule has 1 saturated heterocycles. The molecule has 1 unspecified atom stereocenters. The van der Waals surface area contributed by atoms with Crippen molar-refractivity contribution in [3.63, 3.8) is 0 Å². The van der Waals surface area contributed by atoms with Gasteiger partial charge in [-0.15, -0.1) is 0 Å². The monoisotopic (exact) mass is 372 g/mol. The van der Waals surface area contributed by atoms with Crippen LogP contribution in [0.2, 0.25) is 0 Å². The fourth-order valence-electron chi connectivity index (χ4n) is 4.09. The lowest BCUT2D eigenvalue weighted by molar-refractivity contribution is 0.198. The minimum Gasteiger partial charge on any atom is -0.457 e. The van der Waals surface area contributed by atoms with Gasteiger partial charge >= 0.3 is 0 Å². The number of rotatable bonds is 5. The number of ether oxygens (including phenoxy) is 1. The van der Waals surface area contributed by atoms with E-state index in [1.165, 1.54) is 22.3 Å². The number of hydrogen-bond donors (Lipinski definition) is 1. The van der Waals surface area contributed by atoms with E-state index >= 15 is 0 Å². The molecule has 0 saturated carbocycles. The largest absolute Gasteiger partial charge is 0.457 e. The first-order valence-electron chi connectivity index (χ1n) is 10.0. The highest BCUT2D eigenvalue weighted by Crippen LogP contribution is 2.33. The van der Waals surface area contributed by atoms with Gasteiger partial charge in [0, 0.05) is 26.2 Å². The Hall–Kier alpha value is -2.62. The first-order valence-corrected chi connectivity index (χ1v) is 10.0. The quantitative estimate of drug-likeness (QED) is 0.675. The smallest absolute Gasteiger partial charge is 0.127 e. The van der Waals surface area contributed by atoms with Crippen molar-refractivity contribution in [2.45, 2.75) is 19.9 Å². The van der Waals surface area contributed by atoms with E-state index in [0.717, 1.165) is 37.7 Å². The van der Waals surface area contributed by atoms with Crippen LogP contribution in [0, 0.1) is 13.8 Å². The van der Waals surface area contributed by atoms with E-state index in [1.807, 2.05) is 36.4 Å². The van der Waals surface area contributed by atoms with E-state index in [2.05, 4.69) is 60.5 Å². The molecule has 4 rings (SSSR count). The van der Waals surface area contributed by atoms with Crippen LogP contribution in [-0.4, -0.2) is 31.1 Å². The Kier molecular flexibility index (Phi) is 5.75. The summed E-state index contributed by atoms with van der Waals surface area (Å²) in [7, 11) is 0. The third kappa shape index (κ3) is 4.44. The molecule has 1 N–H and O–H groups in total. The molecule has 1 heterocycles. The average molecular weight is 373 g/mol. The van der Waals surface area contributed by atoms with Crippen molar-refractivity contribution in [2.75, 3.05) is 26.2 Å². The lowest BCUT2D eigenvalue weighted by Crippen LogP contribution is -2.45. The van der Waals surface area contributed by atoms with Crippen LogP contribution in [0.5, 0.6) is 11.5 Å². The fourth-order valence-corrected chi connectivity index (χ4v) is 4.09. The molecule has 3 aromatic carbocycles. The summed E-state index contributed by atoms with van der Waals surface area (Å²) < 4.78 is 6.11. The zero-order valence-corrected chi connectivity index (χ0v) is 16.7. The Morgan fingerprint density at radius 1 is 0.750 bits per heavy atom. The second-order valence-electron chi connectivity index (χ2n) is 7.60. The molecule has 0 aliphatic carbocycles. The molecule has 0 radical (unpaired) electrons. The number of nitrogens with zero attached hydrogens (tertiary/aromatic N) is 1. The third-order valence-corrected chi connectivity index (χ3v) is 5.23. The summed E-state index contributed by atoms with van der Waals surface area (Å²) in [5, 5.41) is 3.47. The lowest BCUT2D eigenvalue weighted by atomic mass is 9.93. The van der Waals surface area contributed by atoms with Crippen molar-refractivity contribution in [1.29, 1.82) is 0 Å². The second kappa shape index (κ2) is 8.59. The molecule has 0 bridgehead atoms. The van der Waals surface area contributed by atoms with Crippen LogP contribution in [0.4, 0.5) is 0 Å². The van der Waals surface area contributed by atoms with Crippen molar-refractivity contribution in [1.82, 2.24) is 10.2 Å². The van der Waals surface area contributed by atoms with Gasteiger partial charge in [0.25, 0.3) is 0 Å². The van der Waals surface area contributed by atoms with E-state index in [9.17, 15) is 0 Å². The van der Waals surface area contributed by atoms with Crippen LogP contribution in [0.3, 0.4) is 0 Å². The van der Waals surface area contributed by atoms with Crippen LogP contribution in [-0.2, 0) is 0 Å². The van der Waals surface area contributed by atoms with Gasteiger partial charge in [-0.05, 0) is 49.2 Å². The molecule has 28 heavy (non-hydrogen) atoms. The predicted molar refractivity (Wildman–Crippen MR) is 115 cm³/mol. The average Bonchev–Trinajstić information content (AvgIpc) is 2.69. The maximum absolute atomic E-state index is 6.11. The Morgan fingerprint density at radius 2 is 1.43 bits per heavy atom. The molecular formula is C25H28N2O. The molecule has 0 spiro atoms. The maximum Gasteiger partial charge on any atom is 0.127 e. The van der Waals surface area contributed by atoms with Gasteiger partial charge in [-0.3, -0.25) is 4.90 Å². The van der Waals surface area contributed by atoms with E-state index < -0.39 is 0 Å². The summed E-state index contributed by atoms with van der Waals surface area (Å²) in [6.45, 7) is 8.51. The third-order valence-electron chi connectivity index (χ3n) is 5.23. The van der Waals surface area contributed by atoms with Gasteiger partial charge in [0.1, 0.15) is 11.5 Å². The molecule has 3 nitrogen and oxygen atoms in total. The van der Waals surface area contributed by atoms with Gasteiger partial charge in [-0.25, -0.2) is 0 Å². The predicted octanol–water partition coefficient (Wildman–Crippen LogP) is 5.09. The van der Waals surface area contributed by atoms with Crippen LogP contribution in [0.1, 0.15) is 28.3 Å². The molecular weight excluding hydrogens is 344 g/mol. The van der Waals surface area contributed by atoms with Crippen LogP contribution in [0.25, 0.3) is 0 Å². The van der Waals surface area contributed by atoms with E-state index in [-0.39, 0.29) is 6.04 Å². The highest BCUT2D eigenvalue weighted by Gasteiger charge is 2.24. The SMILES string of the molecule is Cc1cc(C)cc(C(c2cccc(Oc3ccccc3)c2)N2CCNCC2)c1. The number of para-hydroxylation sites is 1. The van der Waals surface area contributed by atoms with Gasteiger partial charge in [-0.2, -0.15) is 0 Å². The highest BCUT2D eigenvalue weighted by molar-refractivity contribution is 5.41. The Morgan fingerprint density at radius 3 is 2.14 bits per heavy atom. The minimum atomic E-state index is 0.236. The summed E-state index contributed by atoms with van der Waals surface area (Å²) in [4.78, 5) is 2.58. The maximum atomic E-state index is 6.11. The molecule has 1 aliphatic rings. The molecule has 0 aromatic heterocycles. The fraction of sp³-hybridized carbons (Fsp3) is 0.280. The van der Waals surface area contributed by atoms with Gasteiger partial charge in [0.05, 0.1) is 6.04 Å². The van der Waals surface area contributed by atoms with Crippen LogP contribution >= 0.6 is 0 Å². The summed E-state index contributed by atoms with van der Waals surface area (Å²) in [5.74, 6) is 1.75. The van der Waals surface area contributed by atoms with Crippen molar-refractivity contribution >= 4 is 0 Å². The van der Waals surface area contributed by atoms with Crippen molar-refractivity contribution in [3.05, 3.63) is 95.1 Å². The first-order chi connectivity index (χ1) is 13.7. The minimum absolute atomic E-state index is 0.236.